The molecule has 0 atom stereocenters. The summed E-state index contributed by atoms with van der Waals surface area (Å²) in [4.78, 5) is 28.7. The molecule has 0 aliphatic carbocycles. The highest BCUT2D eigenvalue weighted by atomic mass is 35.5. The van der Waals surface area contributed by atoms with E-state index in [-0.39, 0.29) is 11.5 Å². The Morgan fingerprint density at radius 3 is 2.67 bits per heavy atom. The predicted octanol–water partition coefficient (Wildman–Crippen LogP) is 4.90. The Labute approximate surface area is 166 Å². The number of fused-ring (bicyclic) bond motifs is 1. The normalized spacial score (nSPS) is 10.9. The average Bonchev–Trinajstić information content (AvgIpc) is 2.66. The van der Waals surface area contributed by atoms with Crippen molar-refractivity contribution in [3.05, 3.63) is 69.2 Å². The zero-order valence-corrected chi connectivity index (χ0v) is 16.1. The van der Waals surface area contributed by atoms with Crippen molar-refractivity contribution in [2.24, 2.45) is 0 Å². The lowest BCUT2D eigenvalue weighted by atomic mass is 10.2. The van der Waals surface area contributed by atoms with Gasteiger partial charge in [0, 0.05) is 18.7 Å². The van der Waals surface area contributed by atoms with Crippen LogP contribution < -0.4 is 10.9 Å². The molecule has 0 radical (unpaired) electrons. The van der Waals surface area contributed by atoms with Gasteiger partial charge < -0.3 is 5.32 Å². The van der Waals surface area contributed by atoms with Gasteiger partial charge in [-0.1, -0.05) is 41.8 Å². The molecular formula is C20H19Cl2N3O2. The van der Waals surface area contributed by atoms with Gasteiger partial charge in [-0.2, -0.15) is 0 Å². The number of para-hydroxylation sites is 1. The van der Waals surface area contributed by atoms with Gasteiger partial charge in [0.15, 0.2) is 0 Å². The maximum absolute atomic E-state index is 12.4. The van der Waals surface area contributed by atoms with E-state index in [1.54, 1.807) is 35.2 Å². The monoisotopic (exact) mass is 403 g/mol. The molecule has 0 saturated heterocycles. The van der Waals surface area contributed by atoms with E-state index < -0.39 is 0 Å². The van der Waals surface area contributed by atoms with Crippen LogP contribution in [0, 0.1) is 0 Å². The molecule has 3 aromatic rings. The van der Waals surface area contributed by atoms with Gasteiger partial charge in [0.2, 0.25) is 5.91 Å². The van der Waals surface area contributed by atoms with Crippen LogP contribution in [0.5, 0.6) is 0 Å². The molecule has 0 aliphatic rings. The molecule has 0 unspecified atom stereocenters. The van der Waals surface area contributed by atoms with Crippen molar-refractivity contribution in [1.82, 2.24) is 9.55 Å². The number of benzene rings is 2. The van der Waals surface area contributed by atoms with Crippen LogP contribution in [-0.4, -0.2) is 15.5 Å². The van der Waals surface area contributed by atoms with E-state index in [0.717, 1.165) is 19.3 Å². The van der Waals surface area contributed by atoms with Gasteiger partial charge in [0.25, 0.3) is 5.56 Å². The fraction of sp³-hybridized carbons (Fsp3) is 0.250. The van der Waals surface area contributed by atoms with Crippen molar-refractivity contribution in [3.63, 3.8) is 0 Å². The first kappa shape index (κ1) is 19.4. The molecule has 3 rings (SSSR count). The lowest BCUT2D eigenvalue weighted by Gasteiger charge is -2.08. The summed E-state index contributed by atoms with van der Waals surface area (Å²) >= 11 is 11.8. The zero-order chi connectivity index (χ0) is 19.2. The van der Waals surface area contributed by atoms with E-state index in [4.69, 9.17) is 23.2 Å². The molecule has 0 saturated carbocycles. The fourth-order valence-electron chi connectivity index (χ4n) is 2.81. The summed E-state index contributed by atoms with van der Waals surface area (Å²) in [5.41, 5.74) is 1.30. The summed E-state index contributed by atoms with van der Waals surface area (Å²) < 4.78 is 1.62. The Morgan fingerprint density at radius 1 is 1.04 bits per heavy atom. The molecule has 1 N–H and O–H groups in total. The number of carbonyl (C=O) groups is 1. The molecule has 7 heteroatoms. The molecule has 1 heterocycles. The maximum Gasteiger partial charge on any atom is 0.261 e. The Balaban J connectivity index is 1.44. The van der Waals surface area contributed by atoms with Crippen LogP contribution in [0.2, 0.25) is 10.0 Å². The number of nitrogens with one attached hydrogen (secondary N) is 1. The lowest BCUT2D eigenvalue weighted by Crippen LogP contribution is -2.20. The van der Waals surface area contributed by atoms with Crippen molar-refractivity contribution in [1.29, 1.82) is 0 Å². The van der Waals surface area contributed by atoms with E-state index in [2.05, 4.69) is 10.3 Å². The lowest BCUT2D eigenvalue weighted by molar-refractivity contribution is -0.116. The number of unbranched alkanes of at least 4 members (excludes halogenated alkanes) is 2. The molecule has 2 aromatic carbocycles. The largest absolute Gasteiger partial charge is 0.326 e. The number of hydrogen-bond acceptors (Lipinski definition) is 3. The van der Waals surface area contributed by atoms with Crippen LogP contribution in [0.3, 0.4) is 0 Å². The number of aromatic nitrogens is 2. The van der Waals surface area contributed by atoms with Crippen LogP contribution in [0.4, 0.5) is 5.69 Å². The van der Waals surface area contributed by atoms with E-state index in [9.17, 15) is 9.59 Å². The summed E-state index contributed by atoms with van der Waals surface area (Å²) in [6, 6.07) is 12.3. The van der Waals surface area contributed by atoms with E-state index in [1.165, 1.54) is 0 Å². The third-order valence-corrected chi connectivity index (χ3v) is 4.98. The summed E-state index contributed by atoms with van der Waals surface area (Å²) in [6.07, 6.45) is 4.38. The third-order valence-electron chi connectivity index (χ3n) is 4.24. The first-order chi connectivity index (χ1) is 13.0. The van der Waals surface area contributed by atoms with Crippen molar-refractivity contribution < 1.29 is 4.79 Å². The first-order valence-electron chi connectivity index (χ1n) is 8.73. The van der Waals surface area contributed by atoms with Gasteiger partial charge in [-0.15, -0.1) is 0 Å². The highest BCUT2D eigenvalue weighted by Crippen LogP contribution is 2.25. The van der Waals surface area contributed by atoms with E-state index >= 15 is 0 Å². The van der Waals surface area contributed by atoms with Crippen LogP contribution in [0.25, 0.3) is 10.9 Å². The standard InChI is InChI=1S/C20H19Cl2N3O2/c21-16-10-9-14(12-17(16)22)24-19(26)8-2-1-5-11-25-13-23-18-7-4-3-6-15(18)20(25)27/h3-4,6-7,9-10,12-13H,1-2,5,8,11H2,(H,24,26). The number of halogens is 2. The summed E-state index contributed by atoms with van der Waals surface area (Å²) in [6.45, 7) is 0.588. The molecule has 1 aromatic heterocycles. The number of aryl methyl sites for hydroxylation is 1. The van der Waals surface area contributed by atoms with Crippen LogP contribution in [0.15, 0.2) is 53.6 Å². The van der Waals surface area contributed by atoms with Gasteiger partial charge >= 0.3 is 0 Å². The number of nitrogens with zero attached hydrogens (tertiary/aromatic N) is 2. The zero-order valence-electron chi connectivity index (χ0n) is 14.6. The van der Waals surface area contributed by atoms with Crippen molar-refractivity contribution >= 4 is 45.7 Å². The smallest absolute Gasteiger partial charge is 0.261 e. The second-order valence-electron chi connectivity index (χ2n) is 6.25. The van der Waals surface area contributed by atoms with Gasteiger partial charge in [-0.05, 0) is 43.2 Å². The Kier molecular flexibility index (Phi) is 6.48. The first-order valence-corrected chi connectivity index (χ1v) is 9.49. The summed E-state index contributed by atoms with van der Waals surface area (Å²) in [5, 5.41) is 4.28. The van der Waals surface area contributed by atoms with Crippen molar-refractivity contribution in [2.45, 2.75) is 32.2 Å². The second-order valence-corrected chi connectivity index (χ2v) is 7.06. The summed E-state index contributed by atoms with van der Waals surface area (Å²) in [7, 11) is 0. The number of amides is 1. The number of carbonyl (C=O) groups excluding carboxylic acids is 1. The van der Waals surface area contributed by atoms with Crippen LogP contribution in [0.1, 0.15) is 25.7 Å². The van der Waals surface area contributed by atoms with Gasteiger partial charge in [-0.3, -0.25) is 14.2 Å². The number of anilines is 1. The van der Waals surface area contributed by atoms with Crippen LogP contribution in [-0.2, 0) is 11.3 Å². The molecular weight excluding hydrogens is 385 g/mol. The SMILES string of the molecule is O=C(CCCCCn1cnc2ccccc2c1=O)Nc1ccc(Cl)c(Cl)c1. The molecule has 1 amide bonds. The minimum absolute atomic E-state index is 0.0297. The maximum atomic E-state index is 12.4. The second kappa shape index (κ2) is 9.02. The van der Waals surface area contributed by atoms with Crippen LogP contribution >= 0.6 is 23.2 Å². The molecule has 140 valence electrons. The van der Waals surface area contributed by atoms with E-state index in [0.29, 0.717) is 39.6 Å². The Bertz CT molecular complexity index is 1020. The quantitative estimate of drug-likeness (QED) is 0.570. The molecule has 27 heavy (non-hydrogen) atoms. The van der Waals surface area contributed by atoms with E-state index in [1.807, 2.05) is 18.2 Å². The fourth-order valence-corrected chi connectivity index (χ4v) is 3.11. The van der Waals surface area contributed by atoms with Crippen molar-refractivity contribution in [3.8, 4) is 0 Å². The molecule has 0 aliphatic heterocycles. The highest BCUT2D eigenvalue weighted by Gasteiger charge is 2.06. The average molecular weight is 404 g/mol. The molecule has 0 bridgehead atoms. The minimum atomic E-state index is -0.0714. The predicted molar refractivity (Wildman–Crippen MR) is 110 cm³/mol. The van der Waals surface area contributed by atoms with Gasteiger partial charge in [0.05, 0.1) is 27.3 Å². The third kappa shape index (κ3) is 5.08. The van der Waals surface area contributed by atoms with Crippen molar-refractivity contribution in [2.75, 3.05) is 5.32 Å². The Morgan fingerprint density at radius 2 is 1.85 bits per heavy atom. The number of hydrogen-bond donors (Lipinski definition) is 1. The van der Waals surface area contributed by atoms with Gasteiger partial charge in [-0.25, -0.2) is 4.98 Å². The highest BCUT2D eigenvalue weighted by molar-refractivity contribution is 6.42. The molecule has 0 spiro atoms. The molecule has 5 nitrogen and oxygen atoms in total. The Hall–Kier alpha value is -2.37. The number of rotatable bonds is 7. The topological polar surface area (TPSA) is 64.0 Å². The van der Waals surface area contributed by atoms with Gasteiger partial charge in [0.1, 0.15) is 0 Å². The minimum Gasteiger partial charge on any atom is -0.326 e. The molecule has 0 fully saturated rings. The summed E-state index contributed by atoms with van der Waals surface area (Å²) in [5.74, 6) is -0.0714.